The van der Waals surface area contributed by atoms with Gasteiger partial charge in [0.25, 0.3) is 0 Å². The fourth-order valence-corrected chi connectivity index (χ4v) is 8.09. The van der Waals surface area contributed by atoms with Crippen molar-refractivity contribution in [1.29, 1.82) is 0 Å². The van der Waals surface area contributed by atoms with E-state index in [4.69, 9.17) is 0 Å². The first-order valence-corrected chi connectivity index (χ1v) is 11.7. The van der Waals surface area contributed by atoms with Crippen molar-refractivity contribution in [2.45, 2.75) is 53.4 Å². The van der Waals surface area contributed by atoms with Gasteiger partial charge in [-0.3, -0.25) is 0 Å². The molecule has 2 N–H and O–H groups in total. The Bertz CT molecular complexity index is 231. The summed E-state index contributed by atoms with van der Waals surface area (Å²) in [7, 11) is -0.315. The summed E-state index contributed by atoms with van der Waals surface area (Å²) in [6.07, 6.45) is 4.49. The van der Waals surface area contributed by atoms with Crippen LogP contribution in [0.4, 0.5) is 0 Å². The topological polar surface area (TPSA) is 40.5 Å². The molecule has 0 heterocycles. The lowest BCUT2D eigenvalue weighted by atomic mass is 10.1. The van der Waals surface area contributed by atoms with Crippen molar-refractivity contribution in [2.75, 3.05) is 11.5 Å². The van der Waals surface area contributed by atoms with Crippen LogP contribution in [-0.4, -0.2) is 21.3 Å². The molecule has 0 fully saturated rings. The lowest BCUT2D eigenvalue weighted by molar-refractivity contribution is 0.499. The largest absolute Gasteiger partial charge is 0.341 e. The SMILES string of the molecule is CCC(CC)CS(CC(CC)CC)=P(O)(O)S. The highest BCUT2D eigenvalue weighted by Gasteiger charge is 2.18. The van der Waals surface area contributed by atoms with Crippen molar-refractivity contribution in [3.63, 3.8) is 0 Å². The Hall–Kier alpha value is 1.05. The zero-order chi connectivity index (χ0) is 13.5. The van der Waals surface area contributed by atoms with Gasteiger partial charge < -0.3 is 9.79 Å². The van der Waals surface area contributed by atoms with E-state index in [0.717, 1.165) is 37.2 Å². The summed E-state index contributed by atoms with van der Waals surface area (Å²) < 4.78 is 0. The smallest absolute Gasteiger partial charge is 0.198 e. The van der Waals surface area contributed by atoms with Crippen LogP contribution < -0.4 is 0 Å². The van der Waals surface area contributed by atoms with Gasteiger partial charge in [0.15, 0.2) is 5.69 Å². The van der Waals surface area contributed by atoms with Crippen LogP contribution in [0.25, 0.3) is 0 Å². The molecule has 106 valence electrons. The number of hydrogen-bond donors (Lipinski definition) is 3. The third-order valence-electron chi connectivity index (χ3n) is 3.51. The first-order valence-electron chi connectivity index (χ1n) is 6.64. The van der Waals surface area contributed by atoms with Gasteiger partial charge in [-0.05, 0) is 23.3 Å². The minimum atomic E-state index is -2.96. The van der Waals surface area contributed by atoms with Crippen LogP contribution in [0, 0.1) is 11.8 Å². The molecular formula is C12H29O2PS2. The van der Waals surface area contributed by atoms with E-state index in [9.17, 15) is 9.79 Å². The van der Waals surface area contributed by atoms with Crippen LogP contribution in [-0.2, 0) is 10.1 Å². The highest BCUT2D eigenvalue weighted by molar-refractivity contribution is 8.65. The maximum Gasteiger partial charge on any atom is 0.198 e. The summed E-state index contributed by atoms with van der Waals surface area (Å²) in [4.78, 5) is 19.8. The monoisotopic (exact) mass is 300 g/mol. The molecule has 0 aliphatic carbocycles. The van der Waals surface area contributed by atoms with E-state index >= 15 is 0 Å². The molecule has 5 heteroatoms. The highest BCUT2D eigenvalue weighted by Crippen LogP contribution is 2.48. The molecule has 0 rings (SSSR count). The average molecular weight is 300 g/mol. The Kier molecular flexibility index (Phi) is 9.59. The van der Waals surface area contributed by atoms with Gasteiger partial charge in [-0.2, -0.15) is 0 Å². The number of rotatable bonds is 8. The van der Waals surface area contributed by atoms with E-state index in [1.807, 2.05) is 0 Å². The van der Waals surface area contributed by atoms with Gasteiger partial charge in [-0.15, -0.1) is 10.1 Å². The van der Waals surface area contributed by atoms with Gasteiger partial charge in [0.2, 0.25) is 0 Å². The molecule has 2 nitrogen and oxygen atoms in total. The van der Waals surface area contributed by atoms with Gasteiger partial charge in [-0.1, -0.05) is 65.6 Å². The first-order chi connectivity index (χ1) is 7.88. The third kappa shape index (κ3) is 7.27. The fraction of sp³-hybridized carbons (Fsp3) is 1.00. The Balaban J connectivity index is 4.81. The second-order valence-corrected chi connectivity index (χ2v) is 12.9. The van der Waals surface area contributed by atoms with Crippen molar-refractivity contribution in [3.05, 3.63) is 0 Å². The van der Waals surface area contributed by atoms with Crippen molar-refractivity contribution in [2.24, 2.45) is 11.8 Å². The Morgan fingerprint density at radius 3 is 1.35 bits per heavy atom. The highest BCUT2D eigenvalue weighted by atomic mass is 32.9. The zero-order valence-corrected chi connectivity index (χ0v) is 14.2. The number of thiol groups is 1. The van der Waals surface area contributed by atoms with Crippen LogP contribution in [0.5, 0.6) is 0 Å². The van der Waals surface area contributed by atoms with Crippen LogP contribution in [0.1, 0.15) is 53.4 Å². The summed E-state index contributed by atoms with van der Waals surface area (Å²) in [5.74, 6) is 3.10. The Morgan fingerprint density at radius 1 is 0.882 bits per heavy atom. The lowest BCUT2D eigenvalue weighted by Gasteiger charge is -2.24. The molecule has 0 atom stereocenters. The second-order valence-electron chi connectivity index (χ2n) is 4.67. The molecule has 0 unspecified atom stereocenters. The van der Waals surface area contributed by atoms with Gasteiger partial charge in [0, 0.05) is 0 Å². The maximum atomic E-state index is 9.90. The molecule has 0 aliphatic rings. The van der Waals surface area contributed by atoms with Crippen molar-refractivity contribution >= 4 is 28.0 Å². The Morgan fingerprint density at radius 2 is 1.18 bits per heavy atom. The van der Waals surface area contributed by atoms with Gasteiger partial charge in [0.1, 0.15) is 0 Å². The summed E-state index contributed by atoms with van der Waals surface area (Å²) in [5, 5.41) is 0. The molecule has 0 aromatic carbocycles. The standard InChI is InChI=1S/C12H29O2PS2/c1-5-11(6-2)9-17(15(13,14)16)10-12(7-3)8-4/h11-14,16H,5-10H2,1-4H3. The molecule has 0 aliphatic heterocycles. The Labute approximate surface area is 114 Å². The summed E-state index contributed by atoms with van der Waals surface area (Å²) in [6.45, 7) is 8.72. The van der Waals surface area contributed by atoms with Gasteiger partial charge in [-0.25, -0.2) is 0 Å². The molecule has 0 saturated carbocycles. The zero-order valence-electron chi connectivity index (χ0n) is 11.6. The predicted molar refractivity (Wildman–Crippen MR) is 85.6 cm³/mol. The average Bonchev–Trinajstić information content (AvgIpc) is 2.28. The first kappa shape index (κ1) is 18.0. The second kappa shape index (κ2) is 9.03. The third-order valence-corrected chi connectivity index (χ3v) is 11.0. The van der Waals surface area contributed by atoms with E-state index in [1.54, 1.807) is 0 Å². The normalized spacial score (nSPS) is 13.1. The van der Waals surface area contributed by atoms with Crippen LogP contribution >= 0.6 is 17.9 Å². The molecular weight excluding hydrogens is 271 g/mol. The number of hydrogen-bond acceptors (Lipinski definition) is 0. The van der Waals surface area contributed by atoms with Gasteiger partial charge in [0.05, 0.1) is 0 Å². The molecule has 0 bridgehead atoms. The van der Waals surface area contributed by atoms with E-state index in [0.29, 0.717) is 11.8 Å². The summed E-state index contributed by atoms with van der Waals surface area (Å²) >= 11 is 4.09. The molecule has 0 aromatic heterocycles. The quantitative estimate of drug-likeness (QED) is 0.467. The minimum Gasteiger partial charge on any atom is -0.341 e. The molecule has 0 aromatic rings. The van der Waals surface area contributed by atoms with E-state index in [2.05, 4.69) is 39.9 Å². The molecule has 17 heavy (non-hydrogen) atoms. The van der Waals surface area contributed by atoms with Crippen LogP contribution in [0.15, 0.2) is 0 Å². The van der Waals surface area contributed by atoms with E-state index in [1.165, 1.54) is 0 Å². The lowest BCUT2D eigenvalue weighted by Crippen LogP contribution is -2.17. The van der Waals surface area contributed by atoms with Gasteiger partial charge >= 0.3 is 0 Å². The predicted octanol–water partition coefficient (Wildman–Crippen LogP) is 4.07. The van der Waals surface area contributed by atoms with Crippen molar-refractivity contribution in [1.82, 2.24) is 0 Å². The summed E-state index contributed by atoms with van der Waals surface area (Å²) in [6, 6.07) is 0. The van der Waals surface area contributed by atoms with E-state index in [-0.39, 0.29) is 10.1 Å². The van der Waals surface area contributed by atoms with Crippen molar-refractivity contribution < 1.29 is 9.79 Å². The minimum absolute atomic E-state index is 0.315. The van der Waals surface area contributed by atoms with Crippen molar-refractivity contribution in [3.8, 4) is 0 Å². The fourth-order valence-electron chi connectivity index (χ4n) is 1.86. The maximum absolute atomic E-state index is 9.90. The molecule has 0 radical (unpaired) electrons. The van der Waals surface area contributed by atoms with Crippen LogP contribution in [0.2, 0.25) is 0 Å². The summed E-state index contributed by atoms with van der Waals surface area (Å²) in [5.41, 5.74) is -2.96. The van der Waals surface area contributed by atoms with Crippen LogP contribution in [0.3, 0.4) is 0 Å². The molecule has 0 saturated heterocycles. The van der Waals surface area contributed by atoms with E-state index < -0.39 is 5.69 Å². The molecule has 0 amide bonds. The molecule has 0 spiro atoms.